The summed E-state index contributed by atoms with van der Waals surface area (Å²) in [5.74, 6) is -0.529. The summed E-state index contributed by atoms with van der Waals surface area (Å²) in [6, 6.07) is 1.92. The molecular formula is C15H21NO3. The van der Waals surface area contributed by atoms with Crippen molar-refractivity contribution in [2.75, 3.05) is 0 Å². The highest BCUT2D eigenvalue weighted by Gasteiger charge is 2.09. The van der Waals surface area contributed by atoms with E-state index in [9.17, 15) is 9.59 Å². The normalized spacial score (nSPS) is 11.4. The van der Waals surface area contributed by atoms with Gasteiger partial charge in [0.25, 0.3) is 5.56 Å². The van der Waals surface area contributed by atoms with E-state index in [1.54, 1.807) is 4.57 Å². The van der Waals surface area contributed by atoms with Crippen LogP contribution in [-0.2, 0) is 11.3 Å². The molecule has 0 aliphatic rings. The van der Waals surface area contributed by atoms with E-state index in [1.165, 1.54) is 6.08 Å². The average Bonchev–Trinajstić information content (AvgIpc) is 2.27. The molecule has 4 nitrogen and oxygen atoms in total. The summed E-state index contributed by atoms with van der Waals surface area (Å²) >= 11 is 0. The number of hydrogen-bond donors (Lipinski definition) is 1. The predicted octanol–water partition coefficient (Wildman–Crippen LogP) is 2.61. The summed E-state index contributed by atoms with van der Waals surface area (Å²) in [5.41, 5.74) is 2.06. The van der Waals surface area contributed by atoms with Crippen molar-refractivity contribution in [2.24, 2.45) is 5.92 Å². The van der Waals surface area contributed by atoms with Crippen LogP contribution in [0.2, 0.25) is 0 Å². The van der Waals surface area contributed by atoms with Gasteiger partial charge in [-0.25, -0.2) is 4.79 Å². The first kappa shape index (κ1) is 15.2. The summed E-state index contributed by atoms with van der Waals surface area (Å²) in [6.07, 6.45) is 3.31. The van der Waals surface area contributed by atoms with Crippen molar-refractivity contribution in [3.63, 3.8) is 0 Å². The van der Waals surface area contributed by atoms with Crippen molar-refractivity contribution in [3.05, 3.63) is 39.3 Å². The Labute approximate surface area is 113 Å². The van der Waals surface area contributed by atoms with Gasteiger partial charge in [0, 0.05) is 23.9 Å². The zero-order valence-electron chi connectivity index (χ0n) is 11.9. The molecule has 1 rings (SSSR count). The van der Waals surface area contributed by atoms with Crippen LogP contribution in [0.1, 0.15) is 37.1 Å². The maximum Gasteiger partial charge on any atom is 0.328 e. The van der Waals surface area contributed by atoms with E-state index in [1.807, 2.05) is 19.9 Å². The Morgan fingerprint density at radius 1 is 1.42 bits per heavy atom. The number of carboxylic acids is 1. The van der Waals surface area contributed by atoms with E-state index in [0.717, 1.165) is 23.8 Å². The minimum absolute atomic E-state index is 0.115. The third-order valence-electron chi connectivity index (χ3n) is 3.07. The number of aryl methyl sites for hydroxylation is 2. The molecule has 0 fully saturated rings. The molecule has 0 aliphatic heterocycles. The van der Waals surface area contributed by atoms with E-state index in [4.69, 9.17) is 5.11 Å². The van der Waals surface area contributed by atoms with E-state index >= 15 is 0 Å². The Hall–Kier alpha value is -1.84. The summed E-state index contributed by atoms with van der Waals surface area (Å²) in [7, 11) is 0. The molecule has 1 aromatic rings. The standard InChI is InChI=1S/C15H21NO3/c1-10(2)7-8-16-12(4)9-11(3)13(15(16)19)5-6-14(17)18/h5-6,9-10H,7-8H2,1-4H3,(H,17,18)/b6-5+. The second kappa shape index (κ2) is 6.36. The number of hydrogen-bond acceptors (Lipinski definition) is 2. The Bertz CT molecular complexity index is 553. The van der Waals surface area contributed by atoms with Gasteiger partial charge in [-0.15, -0.1) is 0 Å². The van der Waals surface area contributed by atoms with E-state index in [2.05, 4.69) is 13.8 Å². The van der Waals surface area contributed by atoms with E-state index < -0.39 is 5.97 Å². The van der Waals surface area contributed by atoms with Crippen LogP contribution in [0.15, 0.2) is 16.9 Å². The Balaban J connectivity index is 3.22. The maximum atomic E-state index is 12.4. The highest BCUT2D eigenvalue weighted by atomic mass is 16.4. The van der Waals surface area contributed by atoms with Crippen LogP contribution in [0.5, 0.6) is 0 Å². The largest absolute Gasteiger partial charge is 0.478 e. The molecule has 0 bridgehead atoms. The lowest BCUT2D eigenvalue weighted by Gasteiger charge is -2.14. The van der Waals surface area contributed by atoms with Gasteiger partial charge in [-0.3, -0.25) is 4.79 Å². The molecule has 4 heteroatoms. The molecule has 1 N–H and O–H groups in total. The number of aromatic nitrogens is 1. The molecule has 1 heterocycles. The monoisotopic (exact) mass is 263 g/mol. The van der Waals surface area contributed by atoms with Gasteiger partial charge in [-0.05, 0) is 43.9 Å². The topological polar surface area (TPSA) is 59.3 Å². The van der Waals surface area contributed by atoms with Gasteiger partial charge in [-0.2, -0.15) is 0 Å². The molecule has 0 spiro atoms. The van der Waals surface area contributed by atoms with Crippen LogP contribution in [0.3, 0.4) is 0 Å². The number of carboxylic acid groups (broad SMARTS) is 1. The summed E-state index contributed by atoms with van der Waals surface area (Å²) in [5, 5.41) is 8.66. The van der Waals surface area contributed by atoms with Gasteiger partial charge in [0.05, 0.1) is 0 Å². The Morgan fingerprint density at radius 3 is 2.58 bits per heavy atom. The number of rotatable bonds is 5. The zero-order chi connectivity index (χ0) is 14.6. The van der Waals surface area contributed by atoms with Crippen LogP contribution in [0, 0.1) is 19.8 Å². The zero-order valence-corrected chi connectivity index (χ0v) is 11.9. The Morgan fingerprint density at radius 2 is 2.05 bits per heavy atom. The van der Waals surface area contributed by atoms with Gasteiger partial charge in [0.1, 0.15) is 0 Å². The summed E-state index contributed by atoms with van der Waals surface area (Å²) in [4.78, 5) is 22.9. The van der Waals surface area contributed by atoms with E-state index in [-0.39, 0.29) is 5.56 Å². The molecular weight excluding hydrogens is 242 g/mol. The number of pyridine rings is 1. The highest BCUT2D eigenvalue weighted by molar-refractivity contribution is 5.85. The minimum atomic E-state index is -1.05. The first-order chi connectivity index (χ1) is 8.82. The van der Waals surface area contributed by atoms with E-state index in [0.29, 0.717) is 18.0 Å². The third-order valence-corrected chi connectivity index (χ3v) is 3.07. The second-order valence-corrected chi connectivity index (χ2v) is 5.19. The molecule has 1 aromatic heterocycles. The fourth-order valence-corrected chi connectivity index (χ4v) is 1.97. The van der Waals surface area contributed by atoms with Crippen molar-refractivity contribution in [1.29, 1.82) is 0 Å². The van der Waals surface area contributed by atoms with Crippen LogP contribution in [-0.4, -0.2) is 15.6 Å². The van der Waals surface area contributed by atoms with Gasteiger partial charge >= 0.3 is 5.97 Å². The second-order valence-electron chi connectivity index (χ2n) is 5.19. The van der Waals surface area contributed by atoms with Crippen molar-refractivity contribution in [2.45, 2.75) is 40.7 Å². The van der Waals surface area contributed by atoms with Crippen molar-refractivity contribution >= 4 is 12.0 Å². The average molecular weight is 263 g/mol. The van der Waals surface area contributed by atoms with Gasteiger partial charge in [-0.1, -0.05) is 13.8 Å². The summed E-state index contributed by atoms with van der Waals surface area (Å²) in [6.45, 7) is 8.61. The van der Waals surface area contributed by atoms with Crippen LogP contribution in [0.4, 0.5) is 0 Å². The molecule has 0 aliphatic carbocycles. The fraction of sp³-hybridized carbons (Fsp3) is 0.467. The quantitative estimate of drug-likeness (QED) is 0.831. The molecule has 0 aromatic carbocycles. The van der Waals surface area contributed by atoms with Crippen molar-refractivity contribution in [1.82, 2.24) is 4.57 Å². The number of aliphatic carboxylic acids is 1. The first-order valence-electron chi connectivity index (χ1n) is 6.45. The van der Waals surface area contributed by atoms with Crippen LogP contribution in [0.25, 0.3) is 6.08 Å². The molecule has 104 valence electrons. The highest BCUT2D eigenvalue weighted by Crippen LogP contribution is 2.10. The van der Waals surface area contributed by atoms with Crippen molar-refractivity contribution in [3.8, 4) is 0 Å². The molecule has 0 amide bonds. The van der Waals surface area contributed by atoms with Crippen LogP contribution >= 0.6 is 0 Å². The lowest BCUT2D eigenvalue weighted by atomic mass is 10.1. The molecule has 0 saturated carbocycles. The molecule has 19 heavy (non-hydrogen) atoms. The first-order valence-corrected chi connectivity index (χ1v) is 6.45. The van der Waals surface area contributed by atoms with Gasteiger partial charge in [0.2, 0.25) is 0 Å². The van der Waals surface area contributed by atoms with Gasteiger partial charge < -0.3 is 9.67 Å². The number of carbonyl (C=O) groups is 1. The lowest BCUT2D eigenvalue weighted by molar-refractivity contribution is -0.131. The third kappa shape index (κ3) is 4.09. The fourth-order valence-electron chi connectivity index (χ4n) is 1.97. The van der Waals surface area contributed by atoms with Crippen molar-refractivity contribution < 1.29 is 9.90 Å². The van der Waals surface area contributed by atoms with Crippen LogP contribution < -0.4 is 5.56 Å². The van der Waals surface area contributed by atoms with Gasteiger partial charge in [0.15, 0.2) is 0 Å². The molecule has 0 unspecified atom stereocenters. The molecule has 0 radical (unpaired) electrons. The lowest BCUT2D eigenvalue weighted by Crippen LogP contribution is -2.26. The SMILES string of the molecule is Cc1cc(C)n(CCC(C)C)c(=O)c1/C=C/C(=O)O. The molecule has 0 saturated heterocycles. The molecule has 0 atom stereocenters. The Kier molecular flexibility index (Phi) is 5.10. The maximum absolute atomic E-state index is 12.4. The number of nitrogens with zero attached hydrogens (tertiary/aromatic N) is 1. The summed E-state index contributed by atoms with van der Waals surface area (Å²) < 4.78 is 1.72. The predicted molar refractivity (Wildman–Crippen MR) is 76.3 cm³/mol. The smallest absolute Gasteiger partial charge is 0.328 e. The minimum Gasteiger partial charge on any atom is -0.478 e.